The maximum absolute atomic E-state index is 11.8. The molecule has 0 aliphatic carbocycles. The van der Waals surface area contributed by atoms with Crippen molar-refractivity contribution in [2.75, 3.05) is 29.6 Å². The third-order valence-corrected chi connectivity index (χ3v) is 5.71. The number of amides is 1. The highest BCUT2D eigenvalue weighted by molar-refractivity contribution is 7.99. The second kappa shape index (κ2) is 8.11. The first-order valence-electron chi connectivity index (χ1n) is 6.74. The molecule has 19 heavy (non-hydrogen) atoms. The number of hydrogen-bond donors (Lipinski definition) is 2. The van der Waals surface area contributed by atoms with Gasteiger partial charge in [0.05, 0.1) is 11.5 Å². The molecule has 0 aromatic rings. The van der Waals surface area contributed by atoms with E-state index in [1.807, 2.05) is 18.7 Å². The zero-order chi connectivity index (χ0) is 14.3. The SMILES string of the molecule is CCSCCC(C)NC(=O)CC1CS(=O)(=O)CCN1. The molecule has 0 radical (unpaired) electrons. The summed E-state index contributed by atoms with van der Waals surface area (Å²) in [6.45, 7) is 4.55. The molecule has 5 nitrogen and oxygen atoms in total. The smallest absolute Gasteiger partial charge is 0.221 e. The Hall–Kier alpha value is -0.270. The topological polar surface area (TPSA) is 75.3 Å². The van der Waals surface area contributed by atoms with Crippen LogP contribution in [0.1, 0.15) is 26.7 Å². The number of thioether (sulfide) groups is 1. The first-order valence-corrected chi connectivity index (χ1v) is 9.71. The molecule has 0 bridgehead atoms. The summed E-state index contributed by atoms with van der Waals surface area (Å²) in [5.74, 6) is 2.30. The van der Waals surface area contributed by atoms with Crippen LogP contribution >= 0.6 is 11.8 Å². The Morgan fingerprint density at radius 3 is 2.89 bits per heavy atom. The molecule has 0 aromatic heterocycles. The van der Waals surface area contributed by atoms with Crippen molar-refractivity contribution in [3.8, 4) is 0 Å². The summed E-state index contributed by atoms with van der Waals surface area (Å²) in [4.78, 5) is 11.8. The summed E-state index contributed by atoms with van der Waals surface area (Å²) in [5.41, 5.74) is 0. The Morgan fingerprint density at radius 2 is 2.26 bits per heavy atom. The van der Waals surface area contributed by atoms with Crippen LogP contribution in [0.25, 0.3) is 0 Å². The van der Waals surface area contributed by atoms with Gasteiger partial charge in [-0.15, -0.1) is 0 Å². The molecule has 112 valence electrons. The molecule has 1 rings (SSSR count). The minimum Gasteiger partial charge on any atom is -0.354 e. The molecule has 1 aliphatic heterocycles. The van der Waals surface area contributed by atoms with Crippen molar-refractivity contribution in [1.29, 1.82) is 0 Å². The molecule has 1 fully saturated rings. The van der Waals surface area contributed by atoms with Gasteiger partial charge in [0.2, 0.25) is 5.91 Å². The van der Waals surface area contributed by atoms with E-state index in [0.717, 1.165) is 17.9 Å². The molecular formula is C12H24N2O3S2. The van der Waals surface area contributed by atoms with Gasteiger partial charge >= 0.3 is 0 Å². The van der Waals surface area contributed by atoms with Crippen LogP contribution in [0.5, 0.6) is 0 Å². The first kappa shape index (κ1) is 16.8. The van der Waals surface area contributed by atoms with E-state index in [9.17, 15) is 13.2 Å². The van der Waals surface area contributed by atoms with Crippen molar-refractivity contribution in [2.45, 2.75) is 38.8 Å². The lowest BCUT2D eigenvalue weighted by atomic mass is 10.2. The second-order valence-electron chi connectivity index (χ2n) is 4.92. The maximum Gasteiger partial charge on any atom is 0.221 e. The quantitative estimate of drug-likeness (QED) is 0.666. The standard InChI is InChI=1S/C12H24N2O3S2/c1-3-18-6-4-10(2)14-12(15)8-11-9-19(16,17)7-5-13-11/h10-11,13H,3-9H2,1-2H3,(H,14,15). The molecule has 2 atom stereocenters. The summed E-state index contributed by atoms with van der Waals surface area (Å²) in [5, 5.41) is 6.01. The predicted molar refractivity (Wildman–Crippen MR) is 80.3 cm³/mol. The largest absolute Gasteiger partial charge is 0.354 e. The predicted octanol–water partition coefficient (Wildman–Crippen LogP) is 0.411. The normalized spacial score (nSPS) is 23.8. The van der Waals surface area contributed by atoms with Gasteiger partial charge in [0.15, 0.2) is 9.84 Å². The van der Waals surface area contributed by atoms with Crippen LogP contribution in [0.3, 0.4) is 0 Å². The number of hydrogen-bond acceptors (Lipinski definition) is 5. The third-order valence-electron chi connectivity index (χ3n) is 3.04. The van der Waals surface area contributed by atoms with Crippen molar-refractivity contribution in [3.63, 3.8) is 0 Å². The van der Waals surface area contributed by atoms with Gasteiger partial charge in [0, 0.05) is 25.0 Å². The summed E-state index contributed by atoms with van der Waals surface area (Å²) < 4.78 is 22.9. The van der Waals surface area contributed by atoms with Crippen molar-refractivity contribution >= 4 is 27.5 Å². The number of carbonyl (C=O) groups excluding carboxylic acids is 1. The zero-order valence-corrected chi connectivity index (χ0v) is 13.3. The molecule has 2 unspecified atom stereocenters. The van der Waals surface area contributed by atoms with E-state index in [1.54, 1.807) is 0 Å². The Balaban J connectivity index is 2.26. The second-order valence-corrected chi connectivity index (χ2v) is 8.55. The number of sulfone groups is 1. The fourth-order valence-electron chi connectivity index (χ4n) is 2.03. The molecule has 2 N–H and O–H groups in total. The first-order chi connectivity index (χ1) is 8.93. The fourth-order valence-corrected chi connectivity index (χ4v) is 4.29. The van der Waals surface area contributed by atoms with Gasteiger partial charge in [-0.2, -0.15) is 11.8 Å². The lowest BCUT2D eigenvalue weighted by Crippen LogP contribution is -2.48. The van der Waals surface area contributed by atoms with Gasteiger partial charge in [0.25, 0.3) is 0 Å². The van der Waals surface area contributed by atoms with Gasteiger partial charge in [-0.25, -0.2) is 8.42 Å². The highest BCUT2D eigenvalue weighted by Crippen LogP contribution is 2.07. The highest BCUT2D eigenvalue weighted by atomic mass is 32.2. The van der Waals surface area contributed by atoms with Gasteiger partial charge in [-0.05, 0) is 24.9 Å². The summed E-state index contributed by atoms with van der Waals surface area (Å²) >= 11 is 1.86. The molecule has 0 aromatic carbocycles. The average Bonchev–Trinajstić information content (AvgIpc) is 2.27. The van der Waals surface area contributed by atoms with E-state index in [-0.39, 0.29) is 35.9 Å². The Morgan fingerprint density at radius 1 is 1.53 bits per heavy atom. The van der Waals surface area contributed by atoms with E-state index in [0.29, 0.717) is 6.54 Å². The van der Waals surface area contributed by atoms with Gasteiger partial charge in [0.1, 0.15) is 0 Å². The van der Waals surface area contributed by atoms with Crippen molar-refractivity contribution in [3.05, 3.63) is 0 Å². The molecule has 1 heterocycles. The van der Waals surface area contributed by atoms with E-state index in [2.05, 4.69) is 17.6 Å². The lowest BCUT2D eigenvalue weighted by molar-refractivity contribution is -0.122. The van der Waals surface area contributed by atoms with E-state index < -0.39 is 9.84 Å². The highest BCUT2D eigenvalue weighted by Gasteiger charge is 2.26. The van der Waals surface area contributed by atoms with E-state index >= 15 is 0 Å². The Kier molecular flexibility index (Phi) is 7.17. The van der Waals surface area contributed by atoms with Crippen LogP contribution in [-0.4, -0.2) is 56.0 Å². The van der Waals surface area contributed by atoms with Gasteiger partial charge in [-0.3, -0.25) is 4.79 Å². The molecule has 0 saturated carbocycles. The average molecular weight is 308 g/mol. The van der Waals surface area contributed by atoms with Crippen LogP contribution < -0.4 is 10.6 Å². The number of rotatable bonds is 7. The maximum atomic E-state index is 11.8. The summed E-state index contributed by atoms with van der Waals surface area (Å²) in [7, 11) is -2.97. The summed E-state index contributed by atoms with van der Waals surface area (Å²) in [6.07, 6.45) is 1.19. The van der Waals surface area contributed by atoms with Crippen LogP contribution in [0.2, 0.25) is 0 Å². The number of nitrogens with one attached hydrogen (secondary N) is 2. The van der Waals surface area contributed by atoms with Crippen LogP contribution in [-0.2, 0) is 14.6 Å². The minimum absolute atomic E-state index is 0.0661. The molecule has 0 spiro atoms. The van der Waals surface area contributed by atoms with Crippen molar-refractivity contribution in [1.82, 2.24) is 10.6 Å². The van der Waals surface area contributed by atoms with Gasteiger partial charge in [-0.1, -0.05) is 6.92 Å². The van der Waals surface area contributed by atoms with Crippen molar-refractivity contribution in [2.24, 2.45) is 0 Å². The van der Waals surface area contributed by atoms with E-state index in [4.69, 9.17) is 0 Å². The Labute approximate surface area is 120 Å². The van der Waals surface area contributed by atoms with Crippen LogP contribution in [0.15, 0.2) is 0 Å². The zero-order valence-electron chi connectivity index (χ0n) is 11.6. The Bertz CT molecular complexity index is 384. The van der Waals surface area contributed by atoms with Crippen molar-refractivity contribution < 1.29 is 13.2 Å². The molecule has 1 aliphatic rings. The summed E-state index contributed by atoms with van der Waals surface area (Å²) in [6, 6.07) is -0.0947. The minimum atomic E-state index is -2.97. The third kappa shape index (κ3) is 7.17. The molecule has 1 amide bonds. The van der Waals surface area contributed by atoms with Crippen LogP contribution in [0.4, 0.5) is 0 Å². The molecule has 1 saturated heterocycles. The van der Waals surface area contributed by atoms with Crippen LogP contribution in [0, 0.1) is 0 Å². The number of carbonyl (C=O) groups is 1. The molecular weight excluding hydrogens is 284 g/mol. The monoisotopic (exact) mass is 308 g/mol. The molecule has 7 heteroatoms. The van der Waals surface area contributed by atoms with E-state index in [1.165, 1.54) is 0 Å². The lowest BCUT2D eigenvalue weighted by Gasteiger charge is -2.24. The van der Waals surface area contributed by atoms with Gasteiger partial charge < -0.3 is 10.6 Å². The fraction of sp³-hybridized carbons (Fsp3) is 0.917.